The highest BCUT2D eigenvalue weighted by Crippen LogP contribution is 2.16. The van der Waals surface area contributed by atoms with Crippen molar-refractivity contribution in [3.05, 3.63) is 0 Å². The summed E-state index contributed by atoms with van der Waals surface area (Å²) in [6.45, 7) is 1.60. The molecule has 0 spiro atoms. The van der Waals surface area contributed by atoms with Crippen molar-refractivity contribution < 1.29 is 24.2 Å². The standard InChI is InChI=1S/C12H22N2O5/c1-18-8-10(19-2)6-13-12(17)14-5-3-4-9(7-14)11(15)16/h9-10H,3-8H2,1-2H3,(H,13,17)(H,15,16)/t9-,10?/m1/s1. The van der Waals surface area contributed by atoms with E-state index in [1.165, 1.54) is 0 Å². The molecule has 1 saturated heterocycles. The third-order valence-corrected chi connectivity index (χ3v) is 3.22. The number of aliphatic carboxylic acids is 1. The molecule has 0 bridgehead atoms. The normalized spacial score (nSPS) is 20.9. The predicted octanol–water partition coefficient (Wildman–Crippen LogP) is 0.154. The second-order valence-electron chi connectivity index (χ2n) is 4.62. The maximum Gasteiger partial charge on any atom is 0.317 e. The minimum absolute atomic E-state index is 0.200. The first kappa shape index (κ1) is 15.7. The number of rotatable bonds is 6. The van der Waals surface area contributed by atoms with Crippen LogP contribution in [-0.2, 0) is 14.3 Å². The highest BCUT2D eigenvalue weighted by molar-refractivity contribution is 5.76. The van der Waals surface area contributed by atoms with Crippen LogP contribution in [0.2, 0.25) is 0 Å². The molecular weight excluding hydrogens is 252 g/mol. The number of hydrogen-bond donors (Lipinski definition) is 2. The number of amides is 2. The predicted molar refractivity (Wildman–Crippen MR) is 68.0 cm³/mol. The Labute approximate surface area is 112 Å². The molecule has 7 nitrogen and oxygen atoms in total. The molecule has 0 radical (unpaired) electrons. The zero-order valence-electron chi connectivity index (χ0n) is 11.4. The molecule has 1 unspecified atom stereocenters. The Balaban J connectivity index is 2.38. The Morgan fingerprint density at radius 3 is 2.79 bits per heavy atom. The lowest BCUT2D eigenvalue weighted by Gasteiger charge is -2.31. The zero-order valence-corrected chi connectivity index (χ0v) is 11.4. The van der Waals surface area contributed by atoms with E-state index in [1.807, 2.05) is 0 Å². The number of carboxylic acids is 1. The second kappa shape index (κ2) is 7.96. The van der Waals surface area contributed by atoms with Gasteiger partial charge in [0.1, 0.15) is 0 Å². The van der Waals surface area contributed by atoms with Gasteiger partial charge in [-0.15, -0.1) is 0 Å². The summed E-state index contributed by atoms with van der Waals surface area (Å²) in [5.41, 5.74) is 0. The minimum atomic E-state index is -0.841. The number of piperidine rings is 1. The lowest BCUT2D eigenvalue weighted by atomic mass is 9.99. The van der Waals surface area contributed by atoms with Crippen molar-refractivity contribution in [2.75, 3.05) is 40.5 Å². The van der Waals surface area contributed by atoms with Crippen molar-refractivity contribution in [2.45, 2.75) is 18.9 Å². The number of nitrogens with zero attached hydrogens (tertiary/aromatic N) is 1. The fourth-order valence-corrected chi connectivity index (χ4v) is 2.07. The van der Waals surface area contributed by atoms with Crippen LogP contribution < -0.4 is 5.32 Å². The van der Waals surface area contributed by atoms with E-state index >= 15 is 0 Å². The SMILES string of the molecule is COCC(CNC(=O)N1CCC[C@@H](C(=O)O)C1)OC. The quantitative estimate of drug-likeness (QED) is 0.720. The summed E-state index contributed by atoms with van der Waals surface area (Å²) >= 11 is 0. The highest BCUT2D eigenvalue weighted by Gasteiger charge is 2.28. The third kappa shape index (κ3) is 5.04. The number of nitrogens with one attached hydrogen (secondary N) is 1. The van der Waals surface area contributed by atoms with E-state index in [0.717, 1.165) is 6.42 Å². The van der Waals surface area contributed by atoms with E-state index < -0.39 is 11.9 Å². The largest absolute Gasteiger partial charge is 0.481 e. The Morgan fingerprint density at radius 2 is 2.21 bits per heavy atom. The summed E-state index contributed by atoms with van der Waals surface area (Å²) in [6, 6.07) is -0.246. The van der Waals surface area contributed by atoms with Crippen LogP contribution in [0.1, 0.15) is 12.8 Å². The summed E-state index contributed by atoms with van der Waals surface area (Å²) in [7, 11) is 3.12. The van der Waals surface area contributed by atoms with Crippen molar-refractivity contribution >= 4 is 12.0 Å². The molecule has 0 aromatic heterocycles. The first-order chi connectivity index (χ1) is 9.08. The van der Waals surface area contributed by atoms with E-state index in [9.17, 15) is 9.59 Å². The number of carbonyl (C=O) groups excluding carboxylic acids is 1. The van der Waals surface area contributed by atoms with Gasteiger partial charge in [0.2, 0.25) is 0 Å². The van der Waals surface area contributed by atoms with E-state index in [0.29, 0.717) is 26.1 Å². The monoisotopic (exact) mass is 274 g/mol. The van der Waals surface area contributed by atoms with Crippen LogP contribution in [0.25, 0.3) is 0 Å². The molecule has 2 atom stereocenters. The fraction of sp³-hybridized carbons (Fsp3) is 0.833. The topological polar surface area (TPSA) is 88.1 Å². The van der Waals surface area contributed by atoms with Crippen LogP contribution >= 0.6 is 0 Å². The number of ether oxygens (including phenoxy) is 2. The second-order valence-corrected chi connectivity index (χ2v) is 4.62. The smallest absolute Gasteiger partial charge is 0.317 e. The molecule has 1 heterocycles. The third-order valence-electron chi connectivity index (χ3n) is 3.22. The first-order valence-corrected chi connectivity index (χ1v) is 6.35. The molecule has 7 heteroatoms. The molecule has 0 aliphatic carbocycles. The van der Waals surface area contributed by atoms with Crippen molar-refractivity contribution in [3.63, 3.8) is 0 Å². The van der Waals surface area contributed by atoms with Crippen LogP contribution in [0.4, 0.5) is 4.79 Å². The average molecular weight is 274 g/mol. The minimum Gasteiger partial charge on any atom is -0.481 e. The van der Waals surface area contributed by atoms with E-state index in [-0.39, 0.29) is 18.7 Å². The van der Waals surface area contributed by atoms with E-state index in [1.54, 1.807) is 19.1 Å². The molecule has 19 heavy (non-hydrogen) atoms. The van der Waals surface area contributed by atoms with Gasteiger partial charge in [0.25, 0.3) is 0 Å². The van der Waals surface area contributed by atoms with Crippen LogP contribution in [0, 0.1) is 5.92 Å². The maximum absolute atomic E-state index is 11.9. The summed E-state index contributed by atoms with van der Waals surface area (Å²) in [6.07, 6.45) is 1.15. The van der Waals surface area contributed by atoms with Gasteiger partial charge < -0.3 is 24.8 Å². The Morgan fingerprint density at radius 1 is 1.47 bits per heavy atom. The molecule has 0 aromatic carbocycles. The van der Waals surface area contributed by atoms with Gasteiger partial charge in [-0.1, -0.05) is 0 Å². The Bertz CT molecular complexity index is 310. The molecular formula is C12H22N2O5. The number of hydrogen-bond acceptors (Lipinski definition) is 4. The molecule has 0 aromatic rings. The lowest BCUT2D eigenvalue weighted by Crippen LogP contribution is -2.49. The fourth-order valence-electron chi connectivity index (χ4n) is 2.07. The van der Waals surface area contributed by atoms with Crippen molar-refractivity contribution in [1.29, 1.82) is 0 Å². The molecule has 110 valence electrons. The molecule has 1 aliphatic heterocycles. The summed E-state index contributed by atoms with van der Waals surface area (Å²) < 4.78 is 10.1. The average Bonchev–Trinajstić information content (AvgIpc) is 2.43. The number of urea groups is 1. The van der Waals surface area contributed by atoms with Gasteiger partial charge in [-0.2, -0.15) is 0 Å². The van der Waals surface area contributed by atoms with Crippen LogP contribution in [0.15, 0.2) is 0 Å². The van der Waals surface area contributed by atoms with Crippen LogP contribution in [-0.4, -0.2) is 68.6 Å². The van der Waals surface area contributed by atoms with Crippen molar-refractivity contribution in [3.8, 4) is 0 Å². The molecule has 1 fully saturated rings. The molecule has 1 rings (SSSR count). The van der Waals surface area contributed by atoms with E-state index in [2.05, 4.69) is 5.32 Å². The van der Waals surface area contributed by atoms with Crippen LogP contribution in [0.3, 0.4) is 0 Å². The zero-order chi connectivity index (χ0) is 14.3. The number of carbonyl (C=O) groups is 2. The van der Waals surface area contributed by atoms with Crippen molar-refractivity contribution in [1.82, 2.24) is 10.2 Å². The van der Waals surface area contributed by atoms with Crippen LogP contribution in [0.5, 0.6) is 0 Å². The maximum atomic E-state index is 11.9. The van der Waals surface area contributed by atoms with Crippen molar-refractivity contribution in [2.24, 2.45) is 5.92 Å². The summed E-state index contributed by atoms with van der Waals surface area (Å²) in [4.78, 5) is 24.4. The van der Waals surface area contributed by atoms with Gasteiger partial charge in [0.15, 0.2) is 0 Å². The number of carboxylic acid groups (broad SMARTS) is 1. The van der Waals surface area contributed by atoms with E-state index in [4.69, 9.17) is 14.6 Å². The number of methoxy groups -OCH3 is 2. The van der Waals surface area contributed by atoms with Gasteiger partial charge in [-0.3, -0.25) is 4.79 Å². The Hall–Kier alpha value is -1.34. The molecule has 1 aliphatic rings. The Kier molecular flexibility index (Phi) is 6.58. The van der Waals surface area contributed by atoms with Gasteiger partial charge in [-0.05, 0) is 12.8 Å². The van der Waals surface area contributed by atoms with Gasteiger partial charge >= 0.3 is 12.0 Å². The molecule has 0 saturated carbocycles. The first-order valence-electron chi connectivity index (χ1n) is 6.35. The van der Waals surface area contributed by atoms with Gasteiger partial charge in [-0.25, -0.2) is 4.79 Å². The summed E-state index contributed by atoms with van der Waals surface area (Å²) in [5.74, 6) is -1.30. The lowest BCUT2D eigenvalue weighted by molar-refractivity contribution is -0.143. The molecule has 2 amide bonds. The highest BCUT2D eigenvalue weighted by atomic mass is 16.5. The van der Waals surface area contributed by atoms with Gasteiger partial charge in [0, 0.05) is 33.9 Å². The number of likely N-dealkylation sites (tertiary alicyclic amines) is 1. The molecule has 2 N–H and O–H groups in total. The van der Waals surface area contributed by atoms with Gasteiger partial charge in [0.05, 0.1) is 18.6 Å². The summed E-state index contributed by atoms with van der Waals surface area (Å²) in [5, 5.41) is 11.7.